The van der Waals surface area contributed by atoms with Gasteiger partial charge in [0.1, 0.15) is 15.4 Å². The predicted octanol–water partition coefficient (Wildman–Crippen LogP) is 4.67. The van der Waals surface area contributed by atoms with Crippen molar-refractivity contribution in [2.24, 2.45) is 0 Å². The summed E-state index contributed by atoms with van der Waals surface area (Å²) in [6.07, 6.45) is 0. The molecule has 2 rings (SSSR count). The van der Waals surface area contributed by atoms with Crippen molar-refractivity contribution in [1.82, 2.24) is 4.98 Å². The van der Waals surface area contributed by atoms with Crippen LogP contribution in [-0.2, 0) is 0 Å². The van der Waals surface area contributed by atoms with Gasteiger partial charge in [-0.1, -0.05) is 11.6 Å². The lowest BCUT2D eigenvalue weighted by molar-refractivity contribution is 0.619. The minimum absolute atomic E-state index is 0.263. The number of aromatic nitrogens is 1. The first kappa shape index (κ1) is 11.0. The van der Waals surface area contributed by atoms with Gasteiger partial charge in [0.25, 0.3) is 0 Å². The molecular weight excluding hydrogens is 301 g/mol. The molecule has 0 atom stereocenters. The molecule has 0 saturated heterocycles. The minimum Gasteiger partial charge on any atom is -0.229 e. The van der Waals surface area contributed by atoms with Gasteiger partial charge >= 0.3 is 0 Å². The smallest absolute Gasteiger partial charge is 0.126 e. The number of halogens is 3. The second kappa shape index (κ2) is 4.20. The highest BCUT2D eigenvalue weighted by atomic mass is 79.9. The van der Waals surface area contributed by atoms with Crippen LogP contribution in [0.4, 0.5) is 4.39 Å². The SMILES string of the molecule is Cc1cc(Cl)c(-c2nc(Br)cs2)cc1F. The normalized spacial score (nSPS) is 10.7. The Morgan fingerprint density at radius 2 is 2.20 bits per heavy atom. The van der Waals surface area contributed by atoms with Crippen LogP contribution in [0, 0.1) is 12.7 Å². The third-order valence-corrected chi connectivity index (χ3v) is 3.85. The van der Waals surface area contributed by atoms with Gasteiger partial charge in [0.05, 0.1) is 5.02 Å². The summed E-state index contributed by atoms with van der Waals surface area (Å²) in [5.74, 6) is -0.263. The van der Waals surface area contributed by atoms with E-state index in [0.29, 0.717) is 21.2 Å². The fourth-order valence-electron chi connectivity index (χ4n) is 1.19. The number of thiazole rings is 1. The van der Waals surface area contributed by atoms with E-state index in [1.807, 2.05) is 5.38 Å². The lowest BCUT2D eigenvalue weighted by atomic mass is 10.1. The molecule has 0 saturated carbocycles. The fourth-order valence-corrected chi connectivity index (χ4v) is 2.84. The quantitative estimate of drug-likeness (QED) is 0.746. The highest BCUT2D eigenvalue weighted by Gasteiger charge is 2.10. The molecule has 78 valence electrons. The molecule has 1 nitrogen and oxygen atoms in total. The number of nitrogens with zero attached hydrogens (tertiary/aromatic N) is 1. The summed E-state index contributed by atoms with van der Waals surface area (Å²) in [4.78, 5) is 4.20. The Labute approximate surface area is 104 Å². The van der Waals surface area contributed by atoms with Gasteiger partial charge in [0, 0.05) is 10.9 Å². The Morgan fingerprint density at radius 3 is 2.80 bits per heavy atom. The van der Waals surface area contributed by atoms with Crippen molar-refractivity contribution >= 4 is 38.9 Å². The number of hydrogen-bond donors (Lipinski definition) is 0. The lowest BCUT2D eigenvalue weighted by Crippen LogP contribution is -1.86. The number of rotatable bonds is 1. The van der Waals surface area contributed by atoms with E-state index >= 15 is 0 Å². The zero-order chi connectivity index (χ0) is 11.0. The third-order valence-electron chi connectivity index (χ3n) is 1.95. The van der Waals surface area contributed by atoms with Crippen molar-refractivity contribution in [2.75, 3.05) is 0 Å². The molecule has 0 radical (unpaired) electrons. The molecule has 0 bridgehead atoms. The summed E-state index contributed by atoms with van der Waals surface area (Å²) in [5, 5.41) is 3.07. The van der Waals surface area contributed by atoms with Crippen molar-refractivity contribution in [3.8, 4) is 10.6 Å². The van der Waals surface area contributed by atoms with Gasteiger partial charge in [-0.2, -0.15) is 0 Å². The summed E-state index contributed by atoms with van der Waals surface area (Å²) in [5.41, 5.74) is 1.18. The summed E-state index contributed by atoms with van der Waals surface area (Å²) < 4.78 is 14.1. The number of benzene rings is 1. The average molecular weight is 307 g/mol. The Balaban J connectivity index is 2.58. The zero-order valence-corrected chi connectivity index (χ0v) is 10.9. The fraction of sp³-hybridized carbons (Fsp3) is 0.100. The molecule has 0 unspecified atom stereocenters. The second-order valence-electron chi connectivity index (χ2n) is 3.06. The molecule has 5 heteroatoms. The first-order valence-electron chi connectivity index (χ1n) is 4.15. The van der Waals surface area contributed by atoms with Crippen LogP contribution in [0.3, 0.4) is 0 Å². The molecule has 0 aliphatic rings. The summed E-state index contributed by atoms with van der Waals surface area (Å²) in [6.45, 7) is 1.68. The Bertz CT molecular complexity index is 512. The molecule has 0 N–H and O–H groups in total. The monoisotopic (exact) mass is 305 g/mol. The molecule has 1 heterocycles. The van der Waals surface area contributed by atoms with Gasteiger partial charge in [0.2, 0.25) is 0 Å². The molecule has 0 amide bonds. The van der Waals surface area contributed by atoms with E-state index in [9.17, 15) is 4.39 Å². The van der Waals surface area contributed by atoms with Crippen molar-refractivity contribution in [1.29, 1.82) is 0 Å². The minimum atomic E-state index is -0.263. The third kappa shape index (κ3) is 2.22. The maximum atomic E-state index is 13.4. The zero-order valence-electron chi connectivity index (χ0n) is 7.72. The van der Waals surface area contributed by atoms with Crippen molar-refractivity contribution < 1.29 is 4.39 Å². The lowest BCUT2D eigenvalue weighted by Gasteiger charge is -2.03. The van der Waals surface area contributed by atoms with Crippen molar-refractivity contribution in [3.05, 3.63) is 38.5 Å². The molecular formula is C10H6BrClFNS. The van der Waals surface area contributed by atoms with Crippen LogP contribution in [0.1, 0.15) is 5.56 Å². The highest BCUT2D eigenvalue weighted by molar-refractivity contribution is 9.10. The summed E-state index contributed by atoms with van der Waals surface area (Å²) in [7, 11) is 0. The van der Waals surface area contributed by atoms with Crippen LogP contribution in [-0.4, -0.2) is 4.98 Å². The van der Waals surface area contributed by atoms with Crippen molar-refractivity contribution in [2.45, 2.75) is 6.92 Å². The van der Waals surface area contributed by atoms with Gasteiger partial charge in [-0.15, -0.1) is 11.3 Å². The maximum absolute atomic E-state index is 13.4. The van der Waals surface area contributed by atoms with Gasteiger partial charge in [-0.25, -0.2) is 9.37 Å². The second-order valence-corrected chi connectivity index (χ2v) is 5.13. The summed E-state index contributed by atoms with van der Waals surface area (Å²) in [6, 6.07) is 3.03. The predicted molar refractivity (Wildman–Crippen MR) is 65.0 cm³/mol. The van der Waals surface area contributed by atoms with Gasteiger partial charge < -0.3 is 0 Å². The van der Waals surface area contributed by atoms with E-state index in [4.69, 9.17) is 11.6 Å². The van der Waals surface area contributed by atoms with Gasteiger partial charge in [-0.3, -0.25) is 0 Å². The largest absolute Gasteiger partial charge is 0.229 e. The molecule has 15 heavy (non-hydrogen) atoms. The van der Waals surface area contributed by atoms with Crippen LogP contribution < -0.4 is 0 Å². The summed E-state index contributed by atoms with van der Waals surface area (Å²) >= 11 is 10.7. The number of aryl methyl sites for hydroxylation is 1. The molecule has 2 aromatic rings. The van der Waals surface area contributed by atoms with E-state index in [1.165, 1.54) is 17.4 Å². The first-order valence-corrected chi connectivity index (χ1v) is 6.20. The standard InChI is InChI=1S/C10H6BrClFNS/c1-5-2-7(12)6(3-8(5)13)10-14-9(11)4-15-10/h2-4H,1H3. The Hall–Kier alpha value is -0.450. The van der Waals surface area contributed by atoms with E-state index in [0.717, 1.165) is 4.60 Å². The first-order chi connectivity index (χ1) is 7.08. The van der Waals surface area contributed by atoms with Crippen LogP contribution in [0.25, 0.3) is 10.6 Å². The highest BCUT2D eigenvalue weighted by Crippen LogP contribution is 2.33. The maximum Gasteiger partial charge on any atom is 0.126 e. The molecule has 1 aromatic heterocycles. The molecule has 0 fully saturated rings. The van der Waals surface area contributed by atoms with E-state index in [1.54, 1.807) is 13.0 Å². The Kier molecular flexibility index (Phi) is 3.09. The Morgan fingerprint density at radius 1 is 1.47 bits per heavy atom. The number of hydrogen-bond acceptors (Lipinski definition) is 2. The van der Waals surface area contributed by atoms with E-state index < -0.39 is 0 Å². The topological polar surface area (TPSA) is 12.9 Å². The molecule has 0 aliphatic carbocycles. The molecule has 0 aliphatic heterocycles. The van der Waals surface area contributed by atoms with E-state index in [-0.39, 0.29) is 5.82 Å². The average Bonchev–Trinajstić information content (AvgIpc) is 2.58. The van der Waals surface area contributed by atoms with Crippen LogP contribution in [0.2, 0.25) is 5.02 Å². The van der Waals surface area contributed by atoms with Crippen LogP contribution in [0.15, 0.2) is 22.1 Å². The van der Waals surface area contributed by atoms with Crippen molar-refractivity contribution in [3.63, 3.8) is 0 Å². The van der Waals surface area contributed by atoms with Crippen LogP contribution >= 0.6 is 38.9 Å². The molecule has 1 aromatic carbocycles. The van der Waals surface area contributed by atoms with E-state index in [2.05, 4.69) is 20.9 Å². The van der Waals surface area contributed by atoms with Gasteiger partial charge in [0.15, 0.2) is 0 Å². The van der Waals surface area contributed by atoms with Gasteiger partial charge in [-0.05, 0) is 40.5 Å². The van der Waals surface area contributed by atoms with Crippen LogP contribution in [0.5, 0.6) is 0 Å². The molecule has 0 spiro atoms.